The smallest absolute Gasteiger partial charge is 0.309 e. The second-order valence-electron chi connectivity index (χ2n) is 14.5. The maximum absolute atomic E-state index is 13.6. The van der Waals surface area contributed by atoms with Crippen LogP contribution in [0.1, 0.15) is 109 Å². The third-order valence-electron chi connectivity index (χ3n) is 10.1. The van der Waals surface area contributed by atoms with Crippen molar-refractivity contribution in [3.05, 3.63) is 57.6 Å². The number of rotatable bonds is 9. The van der Waals surface area contributed by atoms with Gasteiger partial charge in [-0.1, -0.05) is 38.1 Å². The first-order valence-corrected chi connectivity index (χ1v) is 16.1. The number of carbonyl (C=O) groups excluding carboxylic acids is 3. The molecule has 5 atom stereocenters. The fourth-order valence-corrected chi connectivity index (χ4v) is 6.38. The highest BCUT2D eigenvalue weighted by atomic mass is 16.7. The lowest BCUT2D eigenvalue weighted by Crippen LogP contribution is -2.54. The number of hydrazone groups is 1. The van der Waals surface area contributed by atoms with Crippen LogP contribution in [0, 0.1) is 10.8 Å². The second-order valence-corrected chi connectivity index (χ2v) is 14.5. The number of amides is 1. The van der Waals surface area contributed by atoms with E-state index in [9.17, 15) is 44.7 Å². The Kier molecular flexibility index (Phi) is 9.51. The number of aliphatic hydroxyl groups excluding tert-OH is 2. The van der Waals surface area contributed by atoms with Crippen LogP contribution >= 0.6 is 0 Å². The first-order chi connectivity index (χ1) is 22.8. The fourth-order valence-electron chi connectivity index (χ4n) is 6.38. The third kappa shape index (κ3) is 6.58. The van der Waals surface area contributed by atoms with Gasteiger partial charge in [0.25, 0.3) is 0 Å². The number of aliphatic hydroxyl groups is 2. The topological polar surface area (TPSA) is 238 Å². The number of carboxylic acids is 1. The number of aromatic hydroxyl groups is 2. The van der Waals surface area contributed by atoms with Crippen LogP contribution in [0.25, 0.3) is 0 Å². The summed E-state index contributed by atoms with van der Waals surface area (Å²) in [5.41, 5.74) is 5.60. The van der Waals surface area contributed by atoms with E-state index < -0.39 is 75.9 Å². The molecular formula is C35H43N3O11. The molecule has 0 radical (unpaired) electrons. The minimum absolute atomic E-state index is 0.0149. The number of phenolic OH excluding ortho intramolecular Hbond substituents is 2. The average Bonchev–Trinajstić information content (AvgIpc) is 3.04. The minimum atomic E-state index is -1.45. The lowest BCUT2D eigenvalue weighted by atomic mass is 9.70. The van der Waals surface area contributed by atoms with Gasteiger partial charge in [-0.3, -0.25) is 19.2 Å². The molecule has 14 nitrogen and oxygen atoms in total. The number of nitrogens with one attached hydrogen (secondary N) is 1. The van der Waals surface area contributed by atoms with Crippen LogP contribution < -0.4 is 11.2 Å². The lowest BCUT2D eigenvalue weighted by molar-refractivity contribution is -0.237. The Bertz CT molecular complexity index is 1750. The Morgan fingerprint density at radius 2 is 1.57 bits per heavy atom. The standard InChI is InChI=1S/C35H43N3O11/c1-16(37-38-31(45)33(2,3)10-11-34(4,5)32(46)47)35(36)13-19-24(22(14-35)49-23-12-20(39)21(40)15-48-23)30(44)26-25(29(19)43)27(41)17-8-6-7-9-18(17)28(26)42/h6-9,20-23,39-40,43-44H,10-15,36H2,1-5H3,(H,38,45)(H,46,47)/b37-16+/t20-,21+,22-,23-,35-/m0/s1. The number of nitrogens with two attached hydrogens (primary N) is 1. The highest BCUT2D eigenvalue weighted by molar-refractivity contribution is 6.30. The van der Waals surface area contributed by atoms with Gasteiger partial charge in [0.1, 0.15) is 17.6 Å². The van der Waals surface area contributed by atoms with Gasteiger partial charge >= 0.3 is 5.97 Å². The molecule has 0 aromatic heterocycles. The summed E-state index contributed by atoms with van der Waals surface area (Å²) < 4.78 is 11.8. The Morgan fingerprint density at radius 1 is 1.00 bits per heavy atom. The van der Waals surface area contributed by atoms with Crippen molar-refractivity contribution < 1.29 is 54.2 Å². The zero-order valence-corrected chi connectivity index (χ0v) is 28.1. The predicted molar refractivity (Wildman–Crippen MR) is 174 cm³/mol. The number of ketones is 2. The Labute approximate surface area is 282 Å². The second kappa shape index (κ2) is 12.9. The van der Waals surface area contributed by atoms with Crippen molar-refractivity contribution in [3.8, 4) is 11.5 Å². The molecule has 0 bridgehead atoms. The van der Waals surface area contributed by atoms with Crippen molar-refractivity contribution in [2.24, 2.45) is 21.7 Å². The number of phenols is 2. The van der Waals surface area contributed by atoms with Crippen molar-refractivity contribution in [1.82, 2.24) is 5.43 Å². The number of hydrogen-bond acceptors (Lipinski definition) is 12. The molecule has 5 rings (SSSR count). The highest BCUT2D eigenvalue weighted by Gasteiger charge is 2.47. The lowest BCUT2D eigenvalue weighted by Gasteiger charge is -2.42. The zero-order valence-electron chi connectivity index (χ0n) is 28.1. The molecule has 2 aromatic carbocycles. The highest BCUT2D eigenvalue weighted by Crippen LogP contribution is 2.51. The Morgan fingerprint density at radius 3 is 2.14 bits per heavy atom. The van der Waals surface area contributed by atoms with Crippen molar-refractivity contribution >= 4 is 29.2 Å². The van der Waals surface area contributed by atoms with Crippen LogP contribution in [-0.4, -0.2) is 85.3 Å². The van der Waals surface area contributed by atoms with Gasteiger partial charge in [-0.2, -0.15) is 5.10 Å². The van der Waals surface area contributed by atoms with Crippen LogP contribution in [0.15, 0.2) is 29.4 Å². The van der Waals surface area contributed by atoms with Crippen molar-refractivity contribution in [2.75, 3.05) is 6.61 Å². The third-order valence-corrected chi connectivity index (χ3v) is 10.1. The predicted octanol–water partition coefficient (Wildman–Crippen LogP) is 2.45. The molecule has 3 aliphatic rings. The normalized spacial score (nSPS) is 25.7. The maximum atomic E-state index is 13.6. The Balaban J connectivity index is 1.52. The van der Waals surface area contributed by atoms with Gasteiger partial charge in [0.05, 0.1) is 46.6 Å². The summed E-state index contributed by atoms with van der Waals surface area (Å²) in [5.74, 6) is -3.91. The number of carboxylic acid groups (broad SMARTS) is 1. The number of nitrogens with zero attached hydrogens (tertiary/aromatic N) is 1. The summed E-state index contributed by atoms with van der Waals surface area (Å²) in [6, 6.07) is 6.07. The molecule has 1 amide bonds. The molecule has 0 unspecified atom stereocenters. The van der Waals surface area contributed by atoms with Gasteiger partial charge in [0, 0.05) is 46.9 Å². The number of hydrogen-bond donors (Lipinski definition) is 7. The molecule has 264 valence electrons. The van der Waals surface area contributed by atoms with Crippen LogP contribution in [0.5, 0.6) is 11.5 Å². The fraction of sp³-hybridized carbons (Fsp3) is 0.514. The summed E-state index contributed by atoms with van der Waals surface area (Å²) in [5, 5.41) is 57.3. The van der Waals surface area contributed by atoms with E-state index in [-0.39, 0.29) is 77.8 Å². The Hall–Kier alpha value is -4.21. The molecule has 0 saturated carbocycles. The van der Waals surface area contributed by atoms with Crippen LogP contribution in [0.2, 0.25) is 0 Å². The monoisotopic (exact) mass is 681 g/mol. The SMILES string of the molecule is C/C(=N\NC(=O)C(C)(C)CCC(C)(C)C(=O)O)[C@]1(N)Cc2c(O)c3c(c(O)c2[C@@H](O[C@H]2C[C@H](O)[C@H](O)CO2)C1)C(=O)c1ccccc1C3=O. The van der Waals surface area contributed by atoms with E-state index in [2.05, 4.69) is 10.5 Å². The summed E-state index contributed by atoms with van der Waals surface area (Å²) in [7, 11) is 0. The first-order valence-electron chi connectivity index (χ1n) is 16.1. The molecule has 2 aromatic rings. The number of aliphatic carboxylic acids is 1. The van der Waals surface area contributed by atoms with Gasteiger partial charge < -0.3 is 40.7 Å². The summed E-state index contributed by atoms with van der Waals surface area (Å²) in [4.78, 5) is 52.0. The van der Waals surface area contributed by atoms with Gasteiger partial charge in [-0.15, -0.1) is 0 Å². The summed E-state index contributed by atoms with van der Waals surface area (Å²) in [6.45, 7) is 7.81. The van der Waals surface area contributed by atoms with E-state index in [1.165, 1.54) is 12.1 Å². The van der Waals surface area contributed by atoms with Gasteiger partial charge in [-0.05, 0) is 33.6 Å². The van der Waals surface area contributed by atoms with Crippen LogP contribution in [-0.2, 0) is 25.5 Å². The van der Waals surface area contributed by atoms with Gasteiger partial charge in [-0.25, -0.2) is 5.43 Å². The van der Waals surface area contributed by atoms with Crippen molar-refractivity contribution in [3.63, 3.8) is 0 Å². The molecule has 1 heterocycles. The van der Waals surface area contributed by atoms with Crippen molar-refractivity contribution in [1.29, 1.82) is 0 Å². The number of benzene rings is 2. The number of fused-ring (bicyclic) bond motifs is 3. The van der Waals surface area contributed by atoms with Crippen LogP contribution in [0.3, 0.4) is 0 Å². The number of ether oxygens (including phenoxy) is 2. The van der Waals surface area contributed by atoms with E-state index in [0.29, 0.717) is 0 Å². The molecule has 1 aliphatic heterocycles. The van der Waals surface area contributed by atoms with E-state index >= 15 is 0 Å². The quantitative estimate of drug-likeness (QED) is 0.0979. The summed E-state index contributed by atoms with van der Waals surface area (Å²) >= 11 is 0. The molecule has 0 spiro atoms. The van der Waals surface area contributed by atoms with Gasteiger partial charge in [0.15, 0.2) is 17.9 Å². The molecular weight excluding hydrogens is 638 g/mol. The van der Waals surface area contributed by atoms with Gasteiger partial charge in [0.2, 0.25) is 5.91 Å². The first kappa shape index (κ1) is 36.1. The largest absolute Gasteiger partial charge is 0.507 e. The van der Waals surface area contributed by atoms with E-state index in [0.717, 1.165) is 0 Å². The van der Waals surface area contributed by atoms with E-state index in [1.54, 1.807) is 46.8 Å². The van der Waals surface area contributed by atoms with Crippen molar-refractivity contribution in [2.45, 2.75) is 96.9 Å². The maximum Gasteiger partial charge on any atom is 0.309 e. The summed E-state index contributed by atoms with van der Waals surface area (Å²) in [6.07, 6.45) is -4.52. The van der Waals surface area contributed by atoms with E-state index in [1.807, 2.05) is 0 Å². The molecule has 14 heteroatoms. The average molecular weight is 682 g/mol. The van der Waals surface area contributed by atoms with E-state index in [4.69, 9.17) is 15.2 Å². The van der Waals surface area contributed by atoms with Crippen LogP contribution in [0.4, 0.5) is 0 Å². The molecule has 8 N–H and O–H groups in total. The molecule has 1 saturated heterocycles. The molecule has 1 fully saturated rings. The molecule has 2 aliphatic carbocycles. The molecule has 49 heavy (non-hydrogen) atoms. The zero-order chi connectivity index (χ0) is 36.2. The number of carbonyl (C=O) groups is 4. The minimum Gasteiger partial charge on any atom is -0.507 e.